The number of aromatic nitrogens is 4. The van der Waals surface area contributed by atoms with Crippen LogP contribution in [-0.4, -0.2) is 30.2 Å². The van der Waals surface area contributed by atoms with E-state index in [1.165, 1.54) is 10.8 Å². The molecule has 0 spiro atoms. The van der Waals surface area contributed by atoms with Gasteiger partial charge in [-0.2, -0.15) is 0 Å². The number of carbonyl (C=O) groups is 1. The summed E-state index contributed by atoms with van der Waals surface area (Å²) >= 11 is 1.07. The maximum atomic E-state index is 13.4. The molecule has 2 aromatic heterocycles. The van der Waals surface area contributed by atoms with Gasteiger partial charge in [0.05, 0.1) is 23.7 Å². The molecule has 21 heavy (non-hydrogen) atoms. The van der Waals surface area contributed by atoms with Crippen molar-refractivity contribution < 1.29 is 18.7 Å². The van der Waals surface area contributed by atoms with Crippen LogP contribution in [0.4, 0.5) is 8.78 Å². The van der Waals surface area contributed by atoms with Crippen molar-refractivity contribution >= 4 is 28.5 Å². The zero-order valence-electron chi connectivity index (χ0n) is 10.5. The molecule has 2 heterocycles. The van der Waals surface area contributed by atoms with Crippen LogP contribution >= 0.6 is 11.5 Å². The highest BCUT2D eigenvalue weighted by Crippen LogP contribution is 2.28. The fraction of sp³-hybridized carbons (Fsp3) is 0.167. The third kappa shape index (κ3) is 2.47. The number of carboxylic acid groups (broad SMARTS) is 1. The summed E-state index contributed by atoms with van der Waals surface area (Å²) in [6, 6.07) is 2.00. The van der Waals surface area contributed by atoms with Crippen LogP contribution in [0.3, 0.4) is 0 Å². The summed E-state index contributed by atoms with van der Waals surface area (Å²) in [5.74, 6) is -2.61. The van der Waals surface area contributed by atoms with Crippen molar-refractivity contribution in [2.75, 3.05) is 0 Å². The van der Waals surface area contributed by atoms with Crippen molar-refractivity contribution in [3.8, 4) is 10.7 Å². The molecule has 0 radical (unpaired) electrons. The fourth-order valence-corrected chi connectivity index (χ4v) is 2.52. The van der Waals surface area contributed by atoms with Crippen LogP contribution in [0.5, 0.6) is 0 Å². The highest BCUT2D eigenvalue weighted by atomic mass is 32.1. The smallest absolute Gasteiger partial charge is 0.305 e. The standard InChI is InChI=1S/C12H8F2N4O2S/c13-6-3-8-9(4-7(6)14)18(2-1-11(19)20)12(16-8)10-5-15-17-21-10/h3-5H,1-2H2,(H,19,20). The van der Waals surface area contributed by atoms with Gasteiger partial charge in [0, 0.05) is 18.7 Å². The minimum absolute atomic E-state index is 0.0874. The molecular formula is C12H8F2N4O2S. The second-order valence-corrected chi connectivity index (χ2v) is 5.05. The number of hydrogen-bond acceptors (Lipinski definition) is 5. The first kappa shape index (κ1) is 13.6. The Balaban J connectivity index is 2.20. The SMILES string of the molecule is O=C(O)CCn1c(-c2cnns2)nc2cc(F)c(F)cc21. The van der Waals surface area contributed by atoms with Crippen LogP contribution in [0.15, 0.2) is 18.3 Å². The second-order valence-electron chi connectivity index (χ2n) is 4.27. The molecule has 0 aliphatic heterocycles. The van der Waals surface area contributed by atoms with Crippen molar-refractivity contribution in [2.45, 2.75) is 13.0 Å². The van der Waals surface area contributed by atoms with Crippen molar-refractivity contribution in [2.24, 2.45) is 0 Å². The highest BCUT2D eigenvalue weighted by molar-refractivity contribution is 7.09. The van der Waals surface area contributed by atoms with Gasteiger partial charge >= 0.3 is 5.97 Å². The van der Waals surface area contributed by atoms with Crippen LogP contribution in [0.25, 0.3) is 21.7 Å². The van der Waals surface area contributed by atoms with E-state index in [4.69, 9.17) is 5.11 Å². The van der Waals surface area contributed by atoms with E-state index >= 15 is 0 Å². The summed E-state index contributed by atoms with van der Waals surface area (Å²) < 4.78 is 32.0. The number of nitrogens with zero attached hydrogens (tertiary/aromatic N) is 4. The zero-order valence-corrected chi connectivity index (χ0v) is 11.3. The lowest BCUT2D eigenvalue weighted by atomic mass is 10.3. The van der Waals surface area contributed by atoms with Gasteiger partial charge in [0.1, 0.15) is 4.88 Å². The van der Waals surface area contributed by atoms with Crippen LogP contribution < -0.4 is 0 Å². The van der Waals surface area contributed by atoms with E-state index in [2.05, 4.69) is 14.6 Å². The minimum atomic E-state index is -1.01. The van der Waals surface area contributed by atoms with Gasteiger partial charge in [-0.25, -0.2) is 13.8 Å². The Labute approximate surface area is 120 Å². The molecule has 0 bridgehead atoms. The average molecular weight is 310 g/mol. The number of benzene rings is 1. The Morgan fingerprint density at radius 1 is 1.33 bits per heavy atom. The van der Waals surface area contributed by atoms with Crippen LogP contribution in [0.2, 0.25) is 0 Å². The van der Waals surface area contributed by atoms with E-state index < -0.39 is 17.6 Å². The van der Waals surface area contributed by atoms with Crippen molar-refractivity contribution in [3.63, 3.8) is 0 Å². The molecular weight excluding hydrogens is 302 g/mol. The normalized spacial score (nSPS) is 11.1. The number of halogens is 2. The lowest BCUT2D eigenvalue weighted by molar-refractivity contribution is -0.137. The van der Waals surface area contributed by atoms with E-state index in [0.29, 0.717) is 16.2 Å². The van der Waals surface area contributed by atoms with Crippen LogP contribution in [0, 0.1) is 11.6 Å². The molecule has 1 N–H and O–H groups in total. The maximum absolute atomic E-state index is 13.4. The number of rotatable bonds is 4. The Kier molecular flexibility index (Phi) is 3.34. The summed E-state index contributed by atoms with van der Waals surface area (Å²) in [7, 11) is 0. The lowest BCUT2D eigenvalue weighted by Gasteiger charge is -2.05. The predicted molar refractivity (Wildman–Crippen MR) is 70.8 cm³/mol. The Morgan fingerprint density at radius 3 is 2.76 bits per heavy atom. The molecule has 0 unspecified atom stereocenters. The van der Waals surface area contributed by atoms with Crippen molar-refractivity contribution in [3.05, 3.63) is 30.0 Å². The molecule has 0 saturated heterocycles. The lowest BCUT2D eigenvalue weighted by Crippen LogP contribution is -2.06. The van der Waals surface area contributed by atoms with Gasteiger partial charge in [-0.1, -0.05) is 4.49 Å². The van der Waals surface area contributed by atoms with Crippen molar-refractivity contribution in [1.29, 1.82) is 0 Å². The molecule has 0 amide bonds. The quantitative estimate of drug-likeness (QED) is 0.799. The fourth-order valence-electron chi connectivity index (χ4n) is 2.01. The third-order valence-corrected chi connectivity index (χ3v) is 3.58. The van der Waals surface area contributed by atoms with E-state index in [-0.39, 0.29) is 18.5 Å². The van der Waals surface area contributed by atoms with E-state index in [9.17, 15) is 13.6 Å². The molecule has 9 heteroatoms. The van der Waals surface area contributed by atoms with Crippen LogP contribution in [-0.2, 0) is 11.3 Å². The first-order valence-electron chi connectivity index (χ1n) is 5.91. The Bertz CT molecular complexity index is 816. The number of carboxylic acids is 1. The van der Waals surface area contributed by atoms with Gasteiger partial charge in [0.15, 0.2) is 17.5 Å². The minimum Gasteiger partial charge on any atom is -0.481 e. The molecule has 3 rings (SSSR count). The van der Waals surface area contributed by atoms with Gasteiger partial charge in [0.2, 0.25) is 0 Å². The largest absolute Gasteiger partial charge is 0.481 e. The van der Waals surface area contributed by atoms with E-state index in [1.54, 1.807) is 0 Å². The molecule has 0 aliphatic rings. The predicted octanol–water partition coefficient (Wildman–Crippen LogP) is 2.31. The molecule has 0 atom stereocenters. The monoisotopic (exact) mass is 310 g/mol. The van der Waals surface area contributed by atoms with Crippen molar-refractivity contribution in [1.82, 2.24) is 19.1 Å². The number of imidazole rings is 1. The van der Waals surface area contributed by atoms with E-state index in [1.807, 2.05) is 0 Å². The van der Waals surface area contributed by atoms with Crippen LogP contribution in [0.1, 0.15) is 6.42 Å². The first-order valence-corrected chi connectivity index (χ1v) is 6.68. The van der Waals surface area contributed by atoms with E-state index in [0.717, 1.165) is 23.7 Å². The molecule has 0 saturated carbocycles. The summed E-state index contributed by atoms with van der Waals surface area (Å²) in [6.07, 6.45) is 1.31. The number of hydrogen-bond donors (Lipinski definition) is 1. The first-order chi connectivity index (χ1) is 10.1. The van der Waals surface area contributed by atoms with Gasteiger partial charge < -0.3 is 9.67 Å². The summed E-state index contributed by atoms with van der Waals surface area (Å²) in [6.45, 7) is 0.0874. The van der Waals surface area contributed by atoms with Gasteiger partial charge in [-0.05, 0) is 11.5 Å². The van der Waals surface area contributed by atoms with Gasteiger partial charge in [-0.15, -0.1) is 5.10 Å². The Morgan fingerprint density at radius 2 is 2.10 bits per heavy atom. The number of aliphatic carboxylic acids is 1. The molecule has 3 aromatic rings. The van der Waals surface area contributed by atoms with Gasteiger partial charge in [0.25, 0.3) is 0 Å². The average Bonchev–Trinajstić information content (AvgIpc) is 3.04. The number of aryl methyl sites for hydroxylation is 1. The second kappa shape index (κ2) is 5.17. The summed E-state index contributed by atoms with van der Waals surface area (Å²) in [4.78, 5) is 15.6. The van der Waals surface area contributed by atoms with Gasteiger partial charge in [-0.3, -0.25) is 4.79 Å². The summed E-state index contributed by atoms with van der Waals surface area (Å²) in [5.41, 5.74) is 0.584. The topological polar surface area (TPSA) is 80.9 Å². The number of fused-ring (bicyclic) bond motifs is 1. The molecule has 108 valence electrons. The zero-order chi connectivity index (χ0) is 15.0. The molecule has 0 fully saturated rings. The molecule has 1 aromatic carbocycles. The Hall–Kier alpha value is -2.42. The third-order valence-electron chi connectivity index (χ3n) is 2.92. The summed E-state index contributed by atoms with van der Waals surface area (Å²) in [5, 5.41) is 12.5. The highest BCUT2D eigenvalue weighted by Gasteiger charge is 2.17. The molecule has 6 nitrogen and oxygen atoms in total. The molecule has 0 aliphatic carbocycles. The maximum Gasteiger partial charge on any atom is 0.305 e.